The van der Waals surface area contributed by atoms with Gasteiger partial charge in [-0.3, -0.25) is 0 Å². The molecule has 1 heterocycles. The van der Waals surface area contributed by atoms with Gasteiger partial charge in [-0.25, -0.2) is 4.79 Å². The van der Waals surface area contributed by atoms with Crippen LogP contribution in [-0.4, -0.2) is 37.3 Å². The number of hydrogen-bond acceptors (Lipinski definition) is 3. The van der Waals surface area contributed by atoms with Crippen LogP contribution in [0.3, 0.4) is 0 Å². The third-order valence-corrected chi connectivity index (χ3v) is 4.51. The molecular weight excluding hydrogens is 312 g/mol. The van der Waals surface area contributed by atoms with Crippen molar-refractivity contribution in [1.82, 2.24) is 0 Å². The summed E-state index contributed by atoms with van der Waals surface area (Å²) in [5, 5.41) is 9.33. The fourth-order valence-electron chi connectivity index (χ4n) is 2.92. The van der Waals surface area contributed by atoms with E-state index in [1.807, 2.05) is 6.07 Å². The number of carbonyl (C=O) groups is 1. The molecule has 1 N–H and O–H groups in total. The monoisotopic (exact) mass is 330 g/mol. The molecule has 5 heteroatoms. The number of aryl methyl sites for hydroxylation is 1. The Morgan fingerprint density at radius 2 is 1.61 bits per heavy atom. The highest BCUT2D eigenvalue weighted by Crippen LogP contribution is 2.26. The van der Waals surface area contributed by atoms with Crippen LogP contribution in [0.15, 0.2) is 42.5 Å². The maximum Gasteiger partial charge on any atom is 0.337 e. The van der Waals surface area contributed by atoms with E-state index in [4.69, 9.17) is 16.7 Å². The van der Waals surface area contributed by atoms with Crippen molar-refractivity contribution < 1.29 is 9.90 Å². The van der Waals surface area contributed by atoms with Crippen molar-refractivity contribution in [2.75, 3.05) is 36.0 Å². The molecule has 0 saturated carbocycles. The van der Waals surface area contributed by atoms with Crippen LogP contribution in [0.2, 0.25) is 5.02 Å². The SMILES string of the molecule is Cc1cccc(N2CCN(c3ccc(C(=O)O)c(Cl)c3)CC2)c1. The van der Waals surface area contributed by atoms with Crippen LogP contribution in [0.25, 0.3) is 0 Å². The second kappa shape index (κ2) is 6.50. The molecule has 0 aliphatic carbocycles. The van der Waals surface area contributed by atoms with E-state index in [2.05, 4.69) is 41.0 Å². The maximum atomic E-state index is 11.0. The van der Waals surface area contributed by atoms with Crippen molar-refractivity contribution in [3.05, 3.63) is 58.6 Å². The first-order chi connectivity index (χ1) is 11.0. The van der Waals surface area contributed by atoms with E-state index in [9.17, 15) is 4.79 Å². The van der Waals surface area contributed by atoms with Crippen LogP contribution in [-0.2, 0) is 0 Å². The minimum absolute atomic E-state index is 0.147. The van der Waals surface area contributed by atoms with Crippen molar-refractivity contribution in [3.8, 4) is 0 Å². The molecule has 0 amide bonds. The number of benzene rings is 2. The first kappa shape index (κ1) is 15.7. The summed E-state index contributed by atoms with van der Waals surface area (Å²) >= 11 is 6.07. The molecule has 0 radical (unpaired) electrons. The van der Waals surface area contributed by atoms with E-state index in [0.717, 1.165) is 31.9 Å². The molecule has 3 rings (SSSR count). The fraction of sp³-hybridized carbons (Fsp3) is 0.278. The van der Waals surface area contributed by atoms with Crippen molar-refractivity contribution in [1.29, 1.82) is 0 Å². The standard InChI is InChI=1S/C18H19ClN2O2/c1-13-3-2-4-14(11-13)20-7-9-21(10-8-20)15-5-6-16(18(22)23)17(19)12-15/h2-6,11-12H,7-10H2,1H3,(H,22,23). The third kappa shape index (κ3) is 3.42. The minimum Gasteiger partial charge on any atom is -0.478 e. The number of anilines is 2. The molecule has 1 aliphatic rings. The Labute approximate surface area is 140 Å². The molecule has 1 fully saturated rings. The summed E-state index contributed by atoms with van der Waals surface area (Å²) in [6.07, 6.45) is 0. The van der Waals surface area contributed by atoms with Gasteiger partial charge in [0, 0.05) is 37.6 Å². The fourth-order valence-corrected chi connectivity index (χ4v) is 3.18. The summed E-state index contributed by atoms with van der Waals surface area (Å²) in [5.41, 5.74) is 3.64. The van der Waals surface area contributed by atoms with Crippen molar-refractivity contribution in [2.45, 2.75) is 6.92 Å². The molecule has 2 aromatic rings. The van der Waals surface area contributed by atoms with Gasteiger partial charge < -0.3 is 14.9 Å². The van der Waals surface area contributed by atoms with Gasteiger partial charge in [-0.1, -0.05) is 23.7 Å². The third-order valence-electron chi connectivity index (χ3n) is 4.19. The van der Waals surface area contributed by atoms with Crippen LogP contribution in [0.4, 0.5) is 11.4 Å². The van der Waals surface area contributed by atoms with Gasteiger partial charge in [0.25, 0.3) is 0 Å². The Hall–Kier alpha value is -2.20. The number of rotatable bonds is 3. The van der Waals surface area contributed by atoms with E-state index >= 15 is 0 Å². The normalized spacial score (nSPS) is 14.9. The smallest absolute Gasteiger partial charge is 0.337 e. The highest BCUT2D eigenvalue weighted by atomic mass is 35.5. The summed E-state index contributed by atoms with van der Waals surface area (Å²) < 4.78 is 0. The molecule has 0 unspecified atom stereocenters. The minimum atomic E-state index is -0.995. The van der Waals surface area contributed by atoms with Gasteiger partial charge in [0.2, 0.25) is 0 Å². The van der Waals surface area contributed by atoms with Gasteiger partial charge in [0.05, 0.1) is 10.6 Å². The van der Waals surface area contributed by atoms with Crippen LogP contribution in [0.5, 0.6) is 0 Å². The van der Waals surface area contributed by atoms with E-state index < -0.39 is 5.97 Å². The van der Waals surface area contributed by atoms with Crippen LogP contribution < -0.4 is 9.80 Å². The Bertz CT molecular complexity index is 725. The van der Waals surface area contributed by atoms with Crippen molar-refractivity contribution >= 4 is 28.9 Å². The Kier molecular flexibility index (Phi) is 4.44. The summed E-state index contributed by atoms with van der Waals surface area (Å²) in [6, 6.07) is 13.7. The molecule has 4 nitrogen and oxygen atoms in total. The van der Waals surface area contributed by atoms with Gasteiger partial charge in [-0.2, -0.15) is 0 Å². The zero-order valence-corrected chi connectivity index (χ0v) is 13.8. The Morgan fingerprint density at radius 3 is 2.13 bits per heavy atom. The van der Waals surface area contributed by atoms with Crippen LogP contribution >= 0.6 is 11.6 Å². The molecule has 1 aliphatic heterocycles. The summed E-state index contributed by atoms with van der Waals surface area (Å²) in [7, 11) is 0. The van der Waals surface area contributed by atoms with E-state index in [1.165, 1.54) is 11.3 Å². The summed E-state index contributed by atoms with van der Waals surface area (Å²) in [5.74, 6) is -0.995. The number of piperazine rings is 1. The second-order valence-corrected chi connectivity index (χ2v) is 6.19. The van der Waals surface area contributed by atoms with Gasteiger partial charge >= 0.3 is 5.97 Å². The number of hydrogen-bond donors (Lipinski definition) is 1. The lowest BCUT2D eigenvalue weighted by molar-refractivity contribution is 0.0697. The molecule has 23 heavy (non-hydrogen) atoms. The number of halogens is 1. The van der Waals surface area contributed by atoms with Crippen molar-refractivity contribution in [2.24, 2.45) is 0 Å². The molecule has 2 aromatic carbocycles. The van der Waals surface area contributed by atoms with Crippen LogP contribution in [0, 0.1) is 6.92 Å². The summed E-state index contributed by atoms with van der Waals surface area (Å²) in [6.45, 7) is 5.74. The van der Waals surface area contributed by atoms with Gasteiger partial charge in [0.1, 0.15) is 0 Å². The zero-order valence-electron chi connectivity index (χ0n) is 13.0. The first-order valence-corrected chi connectivity index (χ1v) is 8.02. The molecule has 1 saturated heterocycles. The molecule has 120 valence electrons. The van der Waals surface area contributed by atoms with E-state index in [0.29, 0.717) is 0 Å². The molecule has 0 spiro atoms. The number of aromatic carboxylic acids is 1. The summed E-state index contributed by atoms with van der Waals surface area (Å²) in [4.78, 5) is 15.6. The predicted molar refractivity (Wildman–Crippen MR) is 94.0 cm³/mol. The maximum absolute atomic E-state index is 11.0. The van der Waals surface area contributed by atoms with E-state index in [-0.39, 0.29) is 10.6 Å². The topological polar surface area (TPSA) is 43.8 Å². The largest absolute Gasteiger partial charge is 0.478 e. The average molecular weight is 331 g/mol. The molecule has 0 atom stereocenters. The van der Waals surface area contributed by atoms with Gasteiger partial charge in [-0.05, 0) is 42.8 Å². The predicted octanol–water partition coefficient (Wildman–Crippen LogP) is 3.67. The second-order valence-electron chi connectivity index (χ2n) is 5.78. The number of carboxylic acids is 1. The lowest BCUT2D eigenvalue weighted by Crippen LogP contribution is -2.46. The molecule has 0 bridgehead atoms. The van der Waals surface area contributed by atoms with Gasteiger partial charge in [0.15, 0.2) is 0 Å². The number of nitrogens with zero attached hydrogens (tertiary/aromatic N) is 2. The van der Waals surface area contributed by atoms with Crippen LogP contribution in [0.1, 0.15) is 15.9 Å². The lowest BCUT2D eigenvalue weighted by atomic mass is 10.1. The molecular formula is C18H19ClN2O2. The average Bonchev–Trinajstić information content (AvgIpc) is 2.54. The zero-order chi connectivity index (χ0) is 16.4. The Morgan fingerprint density at radius 1 is 1.00 bits per heavy atom. The number of carboxylic acid groups (broad SMARTS) is 1. The van der Waals surface area contributed by atoms with Crippen molar-refractivity contribution in [3.63, 3.8) is 0 Å². The van der Waals surface area contributed by atoms with E-state index in [1.54, 1.807) is 12.1 Å². The first-order valence-electron chi connectivity index (χ1n) is 7.64. The highest BCUT2D eigenvalue weighted by Gasteiger charge is 2.19. The van der Waals surface area contributed by atoms with Gasteiger partial charge in [-0.15, -0.1) is 0 Å². The lowest BCUT2D eigenvalue weighted by Gasteiger charge is -2.37. The quantitative estimate of drug-likeness (QED) is 0.932. The molecule has 0 aromatic heterocycles. The highest BCUT2D eigenvalue weighted by molar-refractivity contribution is 6.33. The Balaban J connectivity index is 1.69.